The summed E-state index contributed by atoms with van der Waals surface area (Å²) in [4.78, 5) is 21.3. The predicted octanol–water partition coefficient (Wildman–Crippen LogP) is 3.34. The molecule has 3 aromatic rings. The molecule has 9 heteroatoms. The molecule has 0 atom stereocenters. The number of hydrogen-bond acceptors (Lipinski definition) is 5. The minimum absolute atomic E-state index is 0.141. The molecule has 4 rings (SSSR count). The first-order valence-corrected chi connectivity index (χ1v) is 9.49. The average Bonchev–Trinajstić information content (AvgIpc) is 2.75. The van der Waals surface area contributed by atoms with E-state index < -0.39 is 11.7 Å². The smallest absolute Gasteiger partial charge is 0.365 e. The molecule has 6 nitrogen and oxygen atoms in total. The average molecular weight is 415 g/mol. The van der Waals surface area contributed by atoms with Gasteiger partial charge in [0.05, 0.1) is 10.9 Å². The van der Waals surface area contributed by atoms with Gasteiger partial charge in [-0.25, -0.2) is 9.97 Å². The molecular formula is C21H20F3N5O. The molecule has 0 bridgehead atoms. The van der Waals surface area contributed by atoms with E-state index in [9.17, 15) is 18.0 Å². The summed E-state index contributed by atoms with van der Waals surface area (Å²) in [5.41, 5.74) is 1.64. The molecule has 3 heterocycles. The highest BCUT2D eigenvalue weighted by molar-refractivity contribution is 5.89. The number of halogens is 3. The second-order valence-electron chi connectivity index (χ2n) is 7.12. The summed E-state index contributed by atoms with van der Waals surface area (Å²) in [6.07, 6.45) is -0.333. The summed E-state index contributed by atoms with van der Waals surface area (Å²) >= 11 is 0. The molecule has 0 saturated carbocycles. The van der Waals surface area contributed by atoms with Crippen molar-refractivity contribution in [2.45, 2.75) is 19.1 Å². The third-order valence-corrected chi connectivity index (χ3v) is 5.13. The highest BCUT2D eigenvalue weighted by atomic mass is 19.4. The number of nitrogens with zero attached hydrogens (tertiary/aromatic N) is 3. The highest BCUT2D eigenvalue weighted by Gasteiger charge is 2.30. The maximum atomic E-state index is 13.0. The molecule has 0 radical (unpaired) electrons. The van der Waals surface area contributed by atoms with E-state index in [2.05, 4.69) is 20.6 Å². The number of alkyl halides is 3. The first kappa shape index (κ1) is 20.1. The molecule has 0 aliphatic carbocycles. The minimum Gasteiger partial charge on any atom is -0.365 e. The van der Waals surface area contributed by atoms with Crippen LogP contribution in [-0.2, 0) is 19.8 Å². The highest BCUT2D eigenvalue weighted by Crippen LogP contribution is 2.30. The first-order chi connectivity index (χ1) is 14.3. The number of nitrogens with one attached hydrogen (secondary N) is 2. The second-order valence-corrected chi connectivity index (χ2v) is 7.12. The standard InChI is InChI=1S/C21H20F3N5O/c1-29-19-17(10-16(20(29)30)14-5-7-25-8-6-14)18(27-12-28-19)26-11-13-3-2-4-15(9-13)21(22,23)24/h2-5,9-10,12,25H,6-8,11H2,1H3,(H,26,27,28). The van der Waals surface area contributed by atoms with Gasteiger partial charge >= 0.3 is 6.18 Å². The van der Waals surface area contributed by atoms with Crippen LogP contribution in [-0.4, -0.2) is 27.6 Å². The Morgan fingerprint density at radius 3 is 2.80 bits per heavy atom. The third-order valence-electron chi connectivity index (χ3n) is 5.13. The normalized spacial score (nSPS) is 14.6. The van der Waals surface area contributed by atoms with Crippen molar-refractivity contribution in [3.8, 4) is 0 Å². The van der Waals surface area contributed by atoms with Gasteiger partial charge in [0.25, 0.3) is 5.56 Å². The maximum Gasteiger partial charge on any atom is 0.416 e. The first-order valence-electron chi connectivity index (χ1n) is 9.49. The summed E-state index contributed by atoms with van der Waals surface area (Å²) in [6.45, 7) is 1.64. The number of aryl methyl sites for hydroxylation is 1. The van der Waals surface area contributed by atoms with Gasteiger partial charge in [0.15, 0.2) is 0 Å². The Hall–Kier alpha value is -3.20. The van der Waals surface area contributed by atoms with Gasteiger partial charge in [-0.15, -0.1) is 0 Å². The topological polar surface area (TPSA) is 71.8 Å². The number of benzene rings is 1. The zero-order chi connectivity index (χ0) is 21.3. The lowest BCUT2D eigenvalue weighted by Crippen LogP contribution is -2.26. The fraction of sp³-hybridized carbons (Fsp3) is 0.286. The van der Waals surface area contributed by atoms with Crippen molar-refractivity contribution in [2.75, 3.05) is 18.4 Å². The maximum absolute atomic E-state index is 13.0. The molecule has 0 unspecified atom stereocenters. The number of anilines is 1. The lowest BCUT2D eigenvalue weighted by Gasteiger charge is -2.16. The van der Waals surface area contributed by atoms with E-state index in [4.69, 9.17) is 0 Å². The molecule has 0 saturated heterocycles. The van der Waals surface area contributed by atoms with Crippen LogP contribution in [0, 0.1) is 0 Å². The lowest BCUT2D eigenvalue weighted by molar-refractivity contribution is -0.137. The van der Waals surface area contributed by atoms with Gasteiger partial charge in [-0.05, 0) is 42.3 Å². The molecule has 1 aromatic carbocycles. The molecule has 2 aromatic heterocycles. The van der Waals surface area contributed by atoms with Crippen LogP contribution in [0.5, 0.6) is 0 Å². The minimum atomic E-state index is -4.40. The molecule has 0 spiro atoms. The molecule has 156 valence electrons. The number of pyridine rings is 1. The SMILES string of the molecule is Cn1c(=O)c(C2=CCNCC2)cc2c(NCc3cccc(C(F)(F)F)c3)ncnc21. The van der Waals surface area contributed by atoms with Gasteiger partial charge in [0.1, 0.15) is 17.8 Å². The molecule has 0 amide bonds. The summed E-state index contributed by atoms with van der Waals surface area (Å²) in [5, 5.41) is 6.95. The van der Waals surface area contributed by atoms with E-state index in [1.54, 1.807) is 19.2 Å². The van der Waals surface area contributed by atoms with Gasteiger partial charge in [0, 0.05) is 25.7 Å². The summed E-state index contributed by atoms with van der Waals surface area (Å²) in [7, 11) is 1.65. The van der Waals surface area contributed by atoms with Crippen LogP contribution in [0.3, 0.4) is 0 Å². The van der Waals surface area contributed by atoms with Crippen molar-refractivity contribution >= 4 is 22.4 Å². The fourth-order valence-electron chi connectivity index (χ4n) is 3.55. The van der Waals surface area contributed by atoms with Crippen LogP contribution in [0.2, 0.25) is 0 Å². The predicted molar refractivity (Wildman–Crippen MR) is 109 cm³/mol. The Morgan fingerprint density at radius 2 is 2.07 bits per heavy atom. The summed E-state index contributed by atoms with van der Waals surface area (Å²) in [6, 6.07) is 6.91. The number of aromatic nitrogens is 3. The molecule has 2 N–H and O–H groups in total. The Bertz CT molecular complexity index is 1180. The zero-order valence-electron chi connectivity index (χ0n) is 16.3. The van der Waals surface area contributed by atoms with Gasteiger partial charge in [-0.3, -0.25) is 9.36 Å². The van der Waals surface area contributed by atoms with Crippen LogP contribution in [0.15, 0.2) is 47.5 Å². The van der Waals surface area contributed by atoms with Gasteiger partial charge in [-0.2, -0.15) is 13.2 Å². The second kappa shape index (κ2) is 7.91. The molecule has 1 aliphatic rings. The van der Waals surface area contributed by atoms with Gasteiger partial charge in [-0.1, -0.05) is 18.2 Å². The fourth-order valence-corrected chi connectivity index (χ4v) is 3.55. The van der Waals surface area contributed by atoms with Gasteiger partial charge in [0.2, 0.25) is 0 Å². The monoisotopic (exact) mass is 415 g/mol. The largest absolute Gasteiger partial charge is 0.416 e. The van der Waals surface area contributed by atoms with Crippen molar-refractivity contribution in [1.82, 2.24) is 19.9 Å². The third kappa shape index (κ3) is 3.93. The molecule has 30 heavy (non-hydrogen) atoms. The van der Waals surface area contributed by atoms with E-state index in [-0.39, 0.29) is 12.1 Å². The molecular weight excluding hydrogens is 395 g/mol. The van der Waals surface area contributed by atoms with E-state index in [1.807, 2.05) is 6.08 Å². The Kier molecular flexibility index (Phi) is 5.29. The van der Waals surface area contributed by atoms with Crippen molar-refractivity contribution < 1.29 is 13.2 Å². The van der Waals surface area contributed by atoms with Crippen molar-refractivity contribution in [3.63, 3.8) is 0 Å². The summed E-state index contributed by atoms with van der Waals surface area (Å²) < 4.78 is 40.4. The van der Waals surface area contributed by atoms with Crippen molar-refractivity contribution in [1.29, 1.82) is 0 Å². The van der Waals surface area contributed by atoms with E-state index >= 15 is 0 Å². The summed E-state index contributed by atoms with van der Waals surface area (Å²) in [5.74, 6) is 0.462. The van der Waals surface area contributed by atoms with Crippen molar-refractivity contribution in [3.05, 3.63) is 69.8 Å². The van der Waals surface area contributed by atoms with Crippen LogP contribution >= 0.6 is 0 Å². The molecule has 1 aliphatic heterocycles. The Labute approximate surface area is 170 Å². The number of hydrogen-bond donors (Lipinski definition) is 2. The Morgan fingerprint density at radius 1 is 1.23 bits per heavy atom. The lowest BCUT2D eigenvalue weighted by atomic mass is 10.0. The van der Waals surface area contributed by atoms with Gasteiger partial charge < -0.3 is 10.6 Å². The Balaban J connectivity index is 1.70. The van der Waals surface area contributed by atoms with Crippen LogP contribution in [0.25, 0.3) is 16.6 Å². The van der Waals surface area contributed by atoms with E-state index in [0.29, 0.717) is 34.5 Å². The van der Waals surface area contributed by atoms with Crippen molar-refractivity contribution in [2.24, 2.45) is 7.05 Å². The van der Waals surface area contributed by atoms with Crippen LogP contribution < -0.4 is 16.2 Å². The van der Waals surface area contributed by atoms with E-state index in [0.717, 1.165) is 30.7 Å². The number of rotatable bonds is 4. The quantitative estimate of drug-likeness (QED) is 0.684. The zero-order valence-corrected chi connectivity index (χ0v) is 16.3. The molecule has 0 fully saturated rings. The van der Waals surface area contributed by atoms with Crippen LogP contribution in [0.1, 0.15) is 23.1 Å². The number of fused-ring (bicyclic) bond motifs is 1. The van der Waals surface area contributed by atoms with Crippen LogP contribution in [0.4, 0.5) is 19.0 Å². The van der Waals surface area contributed by atoms with E-state index in [1.165, 1.54) is 17.0 Å².